The molecule has 0 aromatic heterocycles. The summed E-state index contributed by atoms with van der Waals surface area (Å²) in [6.07, 6.45) is 2.50. The molecule has 3 heteroatoms. The fraction of sp³-hybridized carbons (Fsp3) is 0.500. The summed E-state index contributed by atoms with van der Waals surface area (Å²) in [6.45, 7) is 8.10. The number of rotatable bonds is 2. The van der Waals surface area contributed by atoms with Crippen LogP contribution in [0.2, 0.25) is 0 Å². The van der Waals surface area contributed by atoms with Gasteiger partial charge in [0.2, 0.25) is 0 Å². The van der Waals surface area contributed by atoms with Crippen molar-refractivity contribution in [2.24, 2.45) is 0 Å². The third-order valence-corrected chi connectivity index (χ3v) is 3.26. The van der Waals surface area contributed by atoms with E-state index in [9.17, 15) is 0 Å². The molecule has 2 nitrogen and oxygen atoms in total. The lowest BCUT2D eigenvalue weighted by Crippen LogP contribution is -2.05. The summed E-state index contributed by atoms with van der Waals surface area (Å²) in [6, 6.07) is 1.94. The second kappa shape index (κ2) is 5.54. The van der Waals surface area contributed by atoms with Crippen molar-refractivity contribution in [3.8, 4) is 0 Å². The van der Waals surface area contributed by atoms with Gasteiger partial charge in [0.1, 0.15) is 5.17 Å². The Bertz CT molecular complexity index is 434. The molecule has 0 amide bonds. The van der Waals surface area contributed by atoms with Gasteiger partial charge in [0.25, 0.3) is 0 Å². The second-order valence-corrected chi connectivity index (χ2v) is 4.66. The first-order valence-electron chi connectivity index (χ1n) is 6.16. The van der Waals surface area contributed by atoms with Gasteiger partial charge in [0.05, 0.1) is 0 Å². The quantitative estimate of drug-likeness (QED) is 0.597. The highest BCUT2D eigenvalue weighted by Gasteiger charge is 2.28. The van der Waals surface area contributed by atoms with E-state index in [0.717, 1.165) is 5.56 Å². The van der Waals surface area contributed by atoms with Crippen LogP contribution in [-0.2, 0) is 0 Å². The molecule has 0 saturated heterocycles. The van der Waals surface area contributed by atoms with Gasteiger partial charge in [0.15, 0.2) is 0 Å². The van der Waals surface area contributed by atoms with Crippen molar-refractivity contribution in [2.45, 2.75) is 46.5 Å². The molecule has 1 fully saturated rings. The molecule has 0 aliphatic heterocycles. The summed E-state index contributed by atoms with van der Waals surface area (Å²) in [4.78, 5) is 0. The summed E-state index contributed by atoms with van der Waals surface area (Å²) >= 11 is 5.77. The fourth-order valence-corrected chi connectivity index (χ4v) is 2.57. The largest absolute Gasteiger partial charge is 0.398 e. The van der Waals surface area contributed by atoms with Crippen LogP contribution in [0.3, 0.4) is 0 Å². The van der Waals surface area contributed by atoms with E-state index in [2.05, 4.69) is 6.92 Å². The van der Waals surface area contributed by atoms with Crippen LogP contribution in [0.25, 0.3) is 0 Å². The van der Waals surface area contributed by atoms with Crippen LogP contribution < -0.4 is 5.73 Å². The topological polar surface area (TPSA) is 49.9 Å². The number of nitrogen functional groups attached to an aromatic ring is 1. The normalized spacial score (nSPS) is 13.9. The summed E-state index contributed by atoms with van der Waals surface area (Å²) in [5, 5.41) is 7.58. The van der Waals surface area contributed by atoms with E-state index in [4.69, 9.17) is 22.7 Å². The van der Waals surface area contributed by atoms with Crippen molar-refractivity contribution in [1.29, 1.82) is 5.41 Å². The molecular formula is C14H21ClN2. The molecule has 0 atom stereocenters. The predicted molar refractivity (Wildman–Crippen MR) is 76.3 cm³/mol. The summed E-state index contributed by atoms with van der Waals surface area (Å²) in [5.74, 6) is 0.667. The SMILES string of the molecule is CC.Cc1cc(N)c(C(=N)Cl)c(C)c1C1CC1. The smallest absolute Gasteiger partial charge is 0.130 e. The van der Waals surface area contributed by atoms with Gasteiger partial charge in [-0.1, -0.05) is 25.4 Å². The summed E-state index contributed by atoms with van der Waals surface area (Å²) in [5.41, 5.74) is 10.9. The molecule has 0 unspecified atom stereocenters. The molecule has 1 aliphatic carbocycles. The van der Waals surface area contributed by atoms with E-state index in [-0.39, 0.29) is 5.17 Å². The molecule has 1 saturated carbocycles. The Kier molecular flexibility index (Phi) is 4.58. The number of hydrogen-bond acceptors (Lipinski definition) is 2. The van der Waals surface area contributed by atoms with Crippen LogP contribution in [0.5, 0.6) is 0 Å². The van der Waals surface area contributed by atoms with Crippen LogP contribution in [0.15, 0.2) is 6.07 Å². The maximum Gasteiger partial charge on any atom is 0.130 e. The molecule has 0 spiro atoms. The highest BCUT2D eigenvalue weighted by molar-refractivity contribution is 6.69. The van der Waals surface area contributed by atoms with Gasteiger partial charge in [-0.25, -0.2) is 0 Å². The molecule has 1 aromatic carbocycles. The van der Waals surface area contributed by atoms with Gasteiger partial charge in [-0.15, -0.1) is 0 Å². The number of anilines is 1. The zero-order valence-corrected chi connectivity index (χ0v) is 11.8. The minimum Gasteiger partial charge on any atom is -0.398 e. The Balaban J connectivity index is 0.000000686. The zero-order valence-electron chi connectivity index (χ0n) is 11.0. The number of hydrogen-bond donors (Lipinski definition) is 2. The lowest BCUT2D eigenvalue weighted by molar-refractivity contribution is 1.07. The Morgan fingerprint density at radius 2 is 1.88 bits per heavy atom. The molecule has 2 rings (SSSR count). The van der Waals surface area contributed by atoms with E-state index in [1.807, 2.05) is 26.8 Å². The Morgan fingerprint density at radius 1 is 1.35 bits per heavy atom. The molecule has 17 heavy (non-hydrogen) atoms. The molecule has 0 radical (unpaired) electrons. The fourth-order valence-electron chi connectivity index (χ4n) is 2.32. The van der Waals surface area contributed by atoms with Gasteiger partial charge in [-0.05, 0) is 55.4 Å². The van der Waals surface area contributed by atoms with Crippen LogP contribution in [0, 0.1) is 19.3 Å². The monoisotopic (exact) mass is 252 g/mol. The molecular weight excluding hydrogens is 232 g/mol. The molecule has 1 aromatic rings. The number of nitrogens with one attached hydrogen (secondary N) is 1. The first-order valence-corrected chi connectivity index (χ1v) is 6.54. The van der Waals surface area contributed by atoms with Crippen LogP contribution in [0.4, 0.5) is 5.69 Å². The Morgan fingerprint density at radius 3 is 2.29 bits per heavy atom. The predicted octanol–water partition coefficient (Wildman–Crippen LogP) is 4.35. The average Bonchev–Trinajstić information content (AvgIpc) is 3.03. The third-order valence-electron chi connectivity index (χ3n) is 3.07. The molecule has 0 bridgehead atoms. The van der Waals surface area contributed by atoms with E-state index >= 15 is 0 Å². The van der Waals surface area contributed by atoms with Crippen molar-refractivity contribution in [3.63, 3.8) is 0 Å². The number of benzene rings is 1. The average molecular weight is 253 g/mol. The van der Waals surface area contributed by atoms with Crippen molar-refractivity contribution >= 4 is 22.5 Å². The lowest BCUT2D eigenvalue weighted by atomic mass is 9.93. The number of nitrogens with two attached hydrogens (primary N) is 1. The van der Waals surface area contributed by atoms with E-state index in [1.54, 1.807) is 0 Å². The molecule has 94 valence electrons. The maximum atomic E-state index is 7.53. The van der Waals surface area contributed by atoms with Gasteiger partial charge < -0.3 is 5.73 Å². The Labute approximate surface area is 109 Å². The molecule has 3 N–H and O–H groups in total. The number of halogens is 1. The standard InChI is InChI=1S/C12H15ClN2.C2H6/c1-6-5-9(14)11(12(13)15)7(2)10(6)8-3-4-8;1-2/h5,8,15H,3-4,14H2,1-2H3;1-2H3. The zero-order chi connectivity index (χ0) is 13.2. The second-order valence-electron chi connectivity index (χ2n) is 4.28. The minimum atomic E-state index is 0.0481. The van der Waals surface area contributed by atoms with E-state index in [0.29, 0.717) is 17.2 Å². The first kappa shape index (κ1) is 14.0. The van der Waals surface area contributed by atoms with Gasteiger partial charge in [0, 0.05) is 11.3 Å². The maximum absolute atomic E-state index is 7.53. The van der Waals surface area contributed by atoms with Gasteiger partial charge >= 0.3 is 0 Å². The van der Waals surface area contributed by atoms with Crippen LogP contribution >= 0.6 is 11.6 Å². The van der Waals surface area contributed by atoms with Crippen LogP contribution in [0.1, 0.15) is 54.9 Å². The van der Waals surface area contributed by atoms with Crippen molar-refractivity contribution in [3.05, 3.63) is 28.3 Å². The molecule has 0 heterocycles. The Hall–Kier alpha value is -1.02. The van der Waals surface area contributed by atoms with Crippen LogP contribution in [-0.4, -0.2) is 5.17 Å². The lowest BCUT2D eigenvalue weighted by Gasteiger charge is -2.15. The molecule has 1 aliphatic rings. The summed E-state index contributed by atoms with van der Waals surface area (Å²) < 4.78 is 0. The highest BCUT2D eigenvalue weighted by Crippen LogP contribution is 2.44. The third kappa shape index (κ3) is 2.81. The summed E-state index contributed by atoms with van der Waals surface area (Å²) in [7, 11) is 0. The van der Waals surface area contributed by atoms with Gasteiger partial charge in [-0.2, -0.15) is 0 Å². The van der Waals surface area contributed by atoms with Crippen molar-refractivity contribution in [2.75, 3.05) is 5.73 Å². The minimum absolute atomic E-state index is 0.0481. The number of aryl methyl sites for hydroxylation is 1. The van der Waals surface area contributed by atoms with E-state index < -0.39 is 0 Å². The van der Waals surface area contributed by atoms with Crippen molar-refractivity contribution in [1.82, 2.24) is 0 Å². The van der Waals surface area contributed by atoms with Crippen molar-refractivity contribution < 1.29 is 0 Å². The van der Waals surface area contributed by atoms with Gasteiger partial charge in [-0.3, -0.25) is 5.41 Å². The highest BCUT2D eigenvalue weighted by atomic mass is 35.5. The van der Waals surface area contributed by atoms with E-state index in [1.165, 1.54) is 24.0 Å². The first-order chi connectivity index (χ1) is 8.02.